The van der Waals surface area contributed by atoms with E-state index in [-0.39, 0.29) is 17.1 Å². The lowest BCUT2D eigenvalue weighted by atomic mass is 9.94. The highest BCUT2D eigenvalue weighted by Gasteiger charge is 2.19. The SMILES string of the molecule is C=CCc1cc(C(=O)c2cnn(-c3ccccc3)c2)c(O)c2ccccc12. The summed E-state index contributed by atoms with van der Waals surface area (Å²) in [7, 11) is 0. The van der Waals surface area contributed by atoms with Gasteiger partial charge in [-0.15, -0.1) is 6.58 Å². The van der Waals surface area contributed by atoms with Crippen LogP contribution >= 0.6 is 0 Å². The predicted molar refractivity (Wildman–Crippen MR) is 107 cm³/mol. The molecule has 0 saturated carbocycles. The second-order valence-electron chi connectivity index (χ2n) is 6.31. The first-order chi connectivity index (χ1) is 13.2. The first-order valence-corrected chi connectivity index (χ1v) is 8.68. The molecule has 1 aromatic heterocycles. The molecule has 1 N–H and O–H groups in total. The van der Waals surface area contributed by atoms with Crippen LogP contribution in [0.1, 0.15) is 21.5 Å². The Morgan fingerprint density at radius 2 is 1.78 bits per heavy atom. The Kier molecular flexibility index (Phi) is 4.30. The Bertz CT molecular complexity index is 1140. The van der Waals surface area contributed by atoms with Crippen molar-refractivity contribution in [3.63, 3.8) is 0 Å². The van der Waals surface area contributed by atoms with Crippen molar-refractivity contribution in [2.24, 2.45) is 0 Å². The van der Waals surface area contributed by atoms with E-state index in [1.807, 2.05) is 54.6 Å². The monoisotopic (exact) mass is 354 g/mol. The van der Waals surface area contributed by atoms with E-state index in [0.717, 1.165) is 16.6 Å². The van der Waals surface area contributed by atoms with Gasteiger partial charge in [-0.25, -0.2) is 4.68 Å². The van der Waals surface area contributed by atoms with Gasteiger partial charge in [0, 0.05) is 11.6 Å². The topological polar surface area (TPSA) is 55.1 Å². The molecular formula is C23H18N2O2. The normalized spacial score (nSPS) is 10.8. The van der Waals surface area contributed by atoms with Gasteiger partial charge in [-0.2, -0.15) is 5.10 Å². The fourth-order valence-electron chi connectivity index (χ4n) is 3.25. The van der Waals surface area contributed by atoms with E-state index in [2.05, 4.69) is 11.7 Å². The molecular weight excluding hydrogens is 336 g/mol. The van der Waals surface area contributed by atoms with E-state index in [4.69, 9.17) is 0 Å². The van der Waals surface area contributed by atoms with Gasteiger partial charge in [0.1, 0.15) is 5.75 Å². The molecule has 27 heavy (non-hydrogen) atoms. The molecule has 4 nitrogen and oxygen atoms in total. The largest absolute Gasteiger partial charge is 0.507 e. The smallest absolute Gasteiger partial charge is 0.199 e. The summed E-state index contributed by atoms with van der Waals surface area (Å²) in [6.45, 7) is 3.79. The van der Waals surface area contributed by atoms with Crippen molar-refractivity contribution in [1.82, 2.24) is 9.78 Å². The number of fused-ring (bicyclic) bond motifs is 1. The number of phenols is 1. The summed E-state index contributed by atoms with van der Waals surface area (Å²) in [5.41, 5.74) is 2.52. The maximum atomic E-state index is 13.1. The minimum Gasteiger partial charge on any atom is -0.507 e. The number of carbonyl (C=O) groups excluding carboxylic acids is 1. The summed E-state index contributed by atoms with van der Waals surface area (Å²) in [6.07, 6.45) is 5.61. The number of carbonyl (C=O) groups is 1. The maximum absolute atomic E-state index is 13.1. The number of para-hydroxylation sites is 1. The van der Waals surface area contributed by atoms with Crippen LogP contribution < -0.4 is 0 Å². The molecule has 4 aromatic rings. The van der Waals surface area contributed by atoms with Crippen molar-refractivity contribution in [3.05, 3.63) is 102 Å². The molecule has 0 saturated heterocycles. The van der Waals surface area contributed by atoms with Crippen molar-refractivity contribution in [3.8, 4) is 11.4 Å². The number of benzene rings is 3. The molecule has 0 amide bonds. The Labute approximate surface area is 157 Å². The molecule has 0 spiro atoms. The fourth-order valence-corrected chi connectivity index (χ4v) is 3.25. The number of allylic oxidation sites excluding steroid dienone is 1. The van der Waals surface area contributed by atoms with Crippen molar-refractivity contribution in [2.45, 2.75) is 6.42 Å². The Balaban J connectivity index is 1.80. The van der Waals surface area contributed by atoms with Crippen molar-refractivity contribution >= 4 is 16.6 Å². The molecule has 4 rings (SSSR count). The lowest BCUT2D eigenvalue weighted by Crippen LogP contribution is -2.03. The van der Waals surface area contributed by atoms with Crippen LogP contribution in [-0.2, 0) is 6.42 Å². The Hall–Kier alpha value is -3.66. The highest BCUT2D eigenvalue weighted by Crippen LogP contribution is 2.33. The van der Waals surface area contributed by atoms with Gasteiger partial charge in [-0.05, 0) is 35.6 Å². The molecule has 0 aliphatic rings. The summed E-state index contributed by atoms with van der Waals surface area (Å²) < 4.78 is 1.65. The number of aromatic nitrogens is 2. The van der Waals surface area contributed by atoms with Crippen molar-refractivity contribution < 1.29 is 9.90 Å². The third kappa shape index (κ3) is 3.02. The lowest BCUT2D eigenvalue weighted by molar-refractivity contribution is 0.103. The first-order valence-electron chi connectivity index (χ1n) is 8.68. The van der Waals surface area contributed by atoms with Gasteiger partial charge in [-0.1, -0.05) is 48.5 Å². The molecule has 1 heterocycles. The molecule has 0 unspecified atom stereocenters. The van der Waals surface area contributed by atoms with Gasteiger partial charge in [-0.3, -0.25) is 4.79 Å². The number of nitrogens with zero attached hydrogens (tertiary/aromatic N) is 2. The summed E-state index contributed by atoms with van der Waals surface area (Å²) in [5.74, 6) is -0.262. The van der Waals surface area contributed by atoms with Crippen LogP contribution in [0.4, 0.5) is 0 Å². The molecule has 0 aliphatic carbocycles. The summed E-state index contributed by atoms with van der Waals surface area (Å²) in [6, 6.07) is 18.9. The summed E-state index contributed by atoms with van der Waals surface area (Å²) in [5, 5.41) is 16.6. The van der Waals surface area contributed by atoms with Crippen LogP contribution in [0, 0.1) is 0 Å². The van der Waals surface area contributed by atoms with E-state index < -0.39 is 0 Å². The zero-order valence-corrected chi connectivity index (χ0v) is 14.7. The van der Waals surface area contributed by atoms with Gasteiger partial charge in [0.25, 0.3) is 0 Å². The fraction of sp³-hybridized carbons (Fsp3) is 0.0435. The number of hydrogen-bond acceptors (Lipinski definition) is 3. The third-order valence-electron chi connectivity index (χ3n) is 4.58. The van der Waals surface area contributed by atoms with Crippen LogP contribution in [0.25, 0.3) is 16.5 Å². The van der Waals surface area contributed by atoms with Gasteiger partial charge in [0.2, 0.25) is 0 Å². The van der Waals surface area contributed by atoms with Gasteiger partial charge in [0.15, 0.2) is 5.78 Å². The van der Waals surface area contributed by atoms with Crippen molar-refractivity contribution in [1.29, 1.82) is 0 Å². The third-order valence-corrected chi connectivity index (χ3v) is 4.58. The lowest BCUT2D eigenvalue weighted by Gasteiger charge is -2.11. The van der Waals surface area contributed by atoms with E-state index in [9.17, 15) is 9.90 Å². The molecule has 4 heteroatoms. The Morgan fingerprint density at radius 1 is 1.07 bits per heavy atom. The van der Waals surface area contributed by atoms with E-state index in [0.29, 0.717) is 17.4 Å². The second-order valence-corrected chi connectivity index (χ2v) is 6.31. The van der Waals surface area contributed by atoms with Crippen LogP contribution in [0.5, 0.6) is 5.75 Å². The van der Waals surface area contributed by atoms with E-state index >= 15 is 0 Å². The molecule has 0 fully saturated rings. The number of aromatic hydroxyl groups is 1. The highest BCUT2D eigenvalue weighted by molar-refractivity contribution is 6.13. The van der Waals surface area contributed by atoms with Crippen LogP contribution in [-0.4, -0.2) is 20.7 Å². The first kappa shape index (κ1) is 16.8. The minimum absolute atomic E-state index is 0.00382. The summed E-state index contributed by atoms with van der Waals surface area (Å²) >= 11 is 0. The van der Waals surface area contributed by atoms with Crippen LogP contribution in [0.3, 0.4) is 0 Å². The molecule has 0 atom stereocenters. The van der Waals surface area contributed by atoms with Crippen molar-refractivity contribution in [2.75, 3.05) is 0 Å². The maximum Gasteiger partial charge on any atom is 0.199 e. The minimum atomic E-state index is -0.259. The van der Waals surface area contributed by atoms with E-state index in [1.54, 1.807) is 23.0 Å². The summed E-state index contributed by atoms with van der Waals surface area (Å²) in [4.78, 5) is 13.1. The molecule has 132 valence electrons. The Morgan fingerprint density at radius 3 is 2.52 bits per heavy atom. The number of hydrogen-bond donors (Lipinski definition) is 1. The standard InChI is InChI=1S/C23H18N2O2/c1-2-8-16-13-21(23(27)20-12-7-6-11-19(16)20)22(26)17-14-24-25(15-17)18-9-4-3-5-10-18/h2-7,9-15,27H,1,8H2. The van der Waals surface area contributed by atoms with Crippen LogP contribution in [0.2, 0.25) is 0 Å². The van der Waals surface area contributed by atoms with E-state index in [1.165, 1.54) is 6.20 Å². The van der Waals surface area contributed by atoms with Gasteiger partial charge in [0.05, 0.1) is 23.0 Å². The predicted octanol–water partition coefficient (Wildman–Crippen LogP) is 4.69. The molecule has 0 bridgehead atoms. The average molecular weight is 354 g/mol. The highest BCUT2D eigenvalue weighted by atomic mass is 16.3. The molecule has 0 aliphatic heterocycles. The zero-order valence-electron chi connectivity index (χ0n) is 14.7. The number of ketones is 1. The molecule has 0 radical (unpaired) electrons. The zero-order chi connectivity index (χ0) is 18.8. The molecule has 3 aromatic carbocycles. The number of phenolic OH excluding ortho intramolecular Hbond substituents is 1. The quantitative estimate of drug-likeness (QED) is 0.418. The average Bonchev–Trinajstić information content (AvgIpc) is 3.21. The second kappa shape index (κ2) is 6.92. The van der Waals surface area contributed by atoms with Crippen LogP contribution in [0.15, 0.2) is 85.7 Å². The van der Waals surface area contributed by atoms with Gasteiger partial charge < -0.3 is 5.11 Å². The number of rotatable bonds is 5. The van der Waals surface area contributed by atoms with Gasteiger partial charge >= 0.3 is 0 Å².